The number of carbonyl (C=O) groups is 1. The molecular formula is C24H28ClN3O3. The zero-order chi connectivity index (χ0) is 22.6. The van der Waals surface area contributed by atoms with Gasteiger partial charge in [0, 0.05) is 24.7 Å². The van der Waals surface area contributed by atoms with Crippen molar-refractivity contribution in [1.82, 2.24) is 9.80 Å². The Bertz CT molecular complexity index is 953. The van der Waals surface area contributed by atoms with E-state index in [1.807, 2.05) is 51.1 Å². The molecule has 6 nitrogen and oxygen atoms in total. The minimum atomic E-state index is -0.583. The highest BCUT2D eigenvalue weighted by atomic mass is 35.5. The van der Waals surface area contributed by atoms with Crippen molar-refractivity contribution < 1.29 is 14.6 Å². The number of nitriles is 1. The molecule has 164 valence electrons. The number of carbonyl (C=O) groups excluding carboxylic acids is 1. The quantitative estimate of drug-likeness (QED) is 0.768. The summed E-state index contributed by atoms with van der Waals surface area (Å²) in [5.74, 6) is 0. The summed E-state index contributed by atoms with van der Waals surface area (Å²) in [6.45, 7) is 6.70. The molecule has 1 aliphatic heterocycles. The number of hydrogen-bond acceptors (Lipinski definition) is 5. The van der Waals surface area contributed by atoms with Crippen LogP contribution in [0.5, 0.6) is 0 Å². The predicted molar refractivity (Wildman–Crippen MR) is 120 cm³/mol. The van der Waals surface area contributed by atoms with Gasteiger partial charge in [-0.1, -0.05) is 41.9 Å². The number of rotatable bonds is 4. The molecule has 1 saturated heterocycles. The molecule has 2 aromatic rings. The van der Waals surface area contributed by atoms with E-state index in [9.17, 15) is 15.2 Å². The average Bonchev–Trinajstić information content (AvgIpc) is 2.75. The number of nitrogens with zero attached hydrogens (tertiary/aromatic N) is 3. The van der Waals surface area contributed by atoms with Crippen LogP contribution >= 0.6 is 11.6 Å². The van der Waals surface area contributed by atoms with Crippen molar-refractivity contribution in [3.63, 3.8) is 0 Å². The van der Waals surface area contributed by atoms with Gasteiger partial charge in [0.2, 0.25) is 0 Å². The normalized spacial score (nSPS) is 18.3. The van der Waals surface area contributed by atoms with Crippen LogP contribution in [-0.4, -0.2) is 58.9 Å². The van der Waals surface area contributed by atoms with Crippen LogP contribution in [-0.2, 0) is 4.74 Å². The molecule has 0 saturated carbocycles. The number of piperazine rings is 1. The number of aliphatic hydroxyl groups excluding tert-OH is 1. The standard InChI is InChI=1S/C24H28ClN3O3/c1-24(2,3)31-23(30)27-11-12-28(19(15-27)16-29)22(18-7-5-4-6-8-18)20-13-17(14-26)9-10-21(20)25/h4-10,13,19,22,29H,11-12,15-16H2,1-3H3/t19-,22?/m0/s1. The smallest absolute Gasteiger partial charge is 0.410 e. The zero-order valence-corrected chi connectivity index (χ0v) is 18.8. The highest BCUT2D eigenvalue weighted by molar-refractivity contribution is 6.31. The van der Waals surface area contributed by atoms with Crippen LogP contribution in [0.15, 0.2) is 48.5 Å². The highest BCUT2D eigenvalue weighted by Crippen LogP contribution is 2.36. The fourth-order valence-corrected chi connectivity index (χ4v) is 4.09. The Morgan fingerprint density at radius 3 is 2.58 bits per heavy atom. The first kappa shape index (κ1) is 23.1. The van der Waals surface area contributed by atoms with Crippen molar-refractivity contribution in [3.05, 3.63) is 70.2 Å². The summed E-state index contributed by atoms with van der Waals surface area (Å²) in [4.78, 5) is 16.4. The van der Waals surface area contributed by atoms with E-state index in [1.165, 1.54) is 0 Å². The summed E-state index contributed by atoms with van der Waals surface area (Å²) in [5, 5.41) is 20.2. The summed E-state index contributed by atoms with van der Waals surface area (Å²) in [7, 11) is 0. The van der Waals surface area contributed by atoms with E-state index in [2.05, 4.69) is 11.0 Å². The Morgan fingerprint density at radius 2 is 1.97 bits per heavy atom. The molecule has 2 aromatic carbocycles. The molecular weight excluding hydrogens is 414 g/mol. The Morgan fingerprint density at radius 1 is 1.26 bits per heavy atom. The molecule has 31 heavy (non-hydrogen) atoms. The van der Waals surface area contributed by atoms with Gasteiger partial charge in [-0.05, 0) is 50.1 Å². The monoisotopic (exact) mass is 441 g/mol. The van der Waals surface area contributed by atoms with E-state index in [0.717, 1.165) is 11.1 Å². The molecule has 7 heteroatoms. The summed E-state index contributed by atoms with van der Waals surface area (Å²) in [6.07, 6.45) is -0.383. The summed E-state index contributed by atoms with van der Waals surface area (Å²) in [6, 6.07) is 16.7. The second kappa shape index (κ2) is 9.69. The van der Waals surface area contributed by atoms with Crippen LogP contribution in [0.3, 0.4) is 0 Å². The second-order valence-corrected chi connectivity index (χ2v) is 9.07. The Hall–Kier alpha value is -2.59. The van der Waals surface area contributed by atoms with E-state index in [0.29, 0.717) is 30.2 Å². The molecule has 1 amide bonds. The van der Waals surface area contributed by atoms with E-state index in [-0.39, 0.29) is 24.8 Å². The summed E-state index contributed by atoms with van der Waals surface area (Å²) >= 11 is 6.58. The van der Waals surface area contributed by atoms with Gasteiger partial charge in [0.25, 0.3) is 0 Å². The van der Waals surface area contributed by atoms with E-state index in [1.54, 1.807) is 23.1 Å². The molecule has 0 radical (unpaired) electrons. The lowest BCUT2D eigenvalue weighted by atomic mass is 9.93. The van der Waals surface area contributed by atoms with Crippen LogP contribution in [0.2, 0.25) is 5.02 Å². The first-order valence-electron chi connectivity index (χ1n) is 10.3. The van der Waals surface area contributed by atoms with E-state index >= 15 is 0 Å². The fraction of sp³-hybridized carbons (Fsp3) is 0.417. The van der Waals surface area contributed by atoms with Gasteiger partial charge in [0.15, 0.2) is 0 Å². The van der Waals surface area contributed by atoms with Gasteiger partial charge in [-0.2, -0.15) is 5.26 Å². The number of aliphatic hydroxyl groups is 1. The van der Waals surface area contributed by atoms with E-state index in [4.69, 9.17) is 16.3 Å². The second-order valence-electron chi connectivity index (χ2n) is 8.66. The van der Waals surface area contributed by atoms with Crippen molar-refractivity contribution in [3.8, 4) is 6.07 Å². The van der Waals surface area contributed by atoms with Crippen LogP contribution < -0.4 is 0 Å². The molecule has 1 N–H and O–H groups in total. The average molecular weight is 442 g/mol. The minimum Gasteiger partial charge on any atom is -0.444 e. The van der Waals surface area contributed by atoms with Crippen molar-refractivity contribution in [1.29, 1.82) is 5.26 Å². The lowest BCUT2D eigenvalue weighted by Gasteiger charge is -2.45. The van der Waals surface area contributed by atoms with Gasteiger partial charge in [0.1, 0.15) is 5.60 Å². The maximum absolute atomic E-state index is 12.6. The molecule has 1 heterocycles. The van der Waals surface area contributed by atoms with Crippen molar-refractivity contribution in [2.45, 2.75) is 38.5 Å². The first-order chi connectivity index (χ1) is 14.7. The van der Waals surface area contributed by atoms with Gasteiger partial charge in [-0.3, -0.25) is 4.90 Å². The number of benzene rings is 2. The summed E-state index contributed by atoms with van der Waals surface area (Å²) in [5.41, 5.74) is 1.74. The topological polar surface area (TPSA) is 76.8 Å². The zero-order valence-electron chi connectivity index (χ0n) is 18.1. The molecule has 0 spiro atoms. The number of halogens is 1. The predicted octanol–water partition coefficient (Wildman–Crippen LogP) is 4.21. The minimum absolute atomic E-state index is 0.127. The van der Waals surface area contributed by atoms with Gasteiger partial charge in [-0.15, -0.1) is 0 Å². The third kappa shape index (κ3) is 5.56. The molecule has 3 rings (SSSR count). The lowest BCUT2D eigenvalue weighted by Crippen LogP contribution is -2.57. The highest BCUT2D eigenvalue weighted by Gasteiger charge is 2.37. The van der Waals surface area contributed by atoms with Gasteiger partial charge < -0.3 is 14.7 Å². The van der Waals surface area contributed by atoms with Gasteiger partial charge >= 0.3 is 6.09 Å². The number of amides is 1. The van der Waals surface area contributed by atoms with Crippen molar-refractivity contribution >= 4 is 17.7 Å². The lowest BCUT2D eigenvalue weighted by molar-refractivity contribution is -0.0115. The summed E-state index contributed by atoms with van der Waals surface area (Å²) < 4.78 is 5.51. The molecule has 0 aliphatic carbocycles. The van der Waals surface area contributed by atoms with Crippen LogP contribution in [0, 0.1) is 11.3 Å². The van der Waals surface area contributed by atoms with E-state index < -0.39 is 5.60 Å². The van der Waals surface area contributed by atoms with Crippen LogP contribution in [0.25, 0.3) is 0 Å². The fourth-order valence-electron chi connectivity index (χ4n) is 3.87. The van der Waals surface area contributed by atoms with Gasteiger partial charge in [0.05, 0.1) is 30.3 Å². The Kier molecular flexibility index (Phi) is 7.22. The number of ether oxygens (including phenoxy) is 1. The SMILES string of the molecule is CC(C)(C)OC(=O)N1CCN(C(c2ccccc2)c2cc(C#N)ccc2Cl)[C@H](CO)C1. The molecule has 0 bridgehead atoms. The van der Waals surface area contributed by atoms with Crippen molar-refractivity contribution in [2.75, 3.05) is 26.2 Å². The molecule has 1 fully saturated rings. The maximum atomic E-state index is 12.6. The first-order valence-corrected chi connectivity index (χ1v) is 10.7. The van der Waals surface area contributed by atoms with Gasteiger partial charge in [-0.25, -0.2) is 4.79 Å². The third-order valence-corrected chi connectivity index (χ3v) is 5.60. The maximum Gasteiger partial charge on any atom is 0.410 e. The largest absolute Gasteiger partial charge is 0.444 e. The third-order valence-electron chi connectivity index (χ3n) is 5.26. The number of hydrogen-bond donors (Lipinski definition) is 1. The van der Waals surface area contributed by atoms with Crippen LogP contribution in [0.4, 0.5) is 4.79 Å². The molecule has 2 atom stereocenters. The molecule has 1 unspecified atom stereocenters. The van der Waals surface area contributed by atoms with Crippen LogP contribution in [0.1, 0.15) is 43.5 Å². The Labute approximate surface area is 188 Å². The molecule has 1 aliphatic rings. The van der Waals surface area contributed by atoms with Crippen molar-refractivity contribution in [2.24, 2.45) is 0 Å². The molecule has 0 aromatic heterocycles. The Balaban J connectivity index is 1.95.